The van der Waals surface area contributed by atoms with Crippen molar-refractivity contribution >= 4 is 9.84 Å². The standard InChI is InChI=1S/C18H22FNO4S/c1-23-18-11-15(12-20-9-10-25(2,21)22)5-8-17(18)24-13-14-3-6-16(19)7-4-14/h3-8,11,20H,9-10,12-13H2,1-2H3. The van der Waals surface area contributed by atoms with E-state index in [4.69, 9.17) is 9.47 Å². The minimum absolute atomic E-state index is 0.100. The van der Waals surface area contributed by atoms with Crippen LogP contribution in [0.15, 0.2) is 42.5 Å². The lowest BCUT2D eigenvalue weighted by Gasteiger charge is -2.13. The molecule has 0 aliphatic heterocycles. The maximum absolute atomic E-state index is 12.9. The number of rotatable bonds is 9. The van der Waals surface area contributed by atoms with Gasteiger partial charge in [0.1, 0.15) is 22.3 Å². The van der Waals surface area contributed by atoms with E-state index in [1.165, 1.54) is 18.4 Å². The van der Waals surface area contributed by atoms with Gasteiger partial charge in [0.2, 0.25) is 0 Å². The van der Waals surface area contributed by atoms with Gasteiger partial charge >= 0.3 is 0 Å². The molecule has 2 rings (SSSR count). The highest BCUT2D eigenvalue weighted by atomic mass is 32.2. The molecular weight excluding hydrogens is 345 g/mol. The van der Waals surface area contributed by atoms with Gasteiger partial charge in [-0.25, -0.2) is 12.8 Å². The van der Waals surface area contributed by atoms with E-state index in [9.17, 15) is 12.8 Å². The number of ether oxygens (including phenoxy) is 2. The fourth-order valence-electron chi connectivity index (χ4n) is 2.17. The molecule has 0 bridgehead atoms. The van der Waals surface area contributed by atoms with Crippen molar-refractivity contribution in [1.29, 1.82) is 0 Å². The smallest absolute Gasteiger partial charge is 0.161 e. The highest BCUT2D eigenvalue weighted by Crippen LogP contribution is 2.28. The first-order chi connectivity index (χ1) is 11.9. The van der Waals surface area contributed by atoms with Crippen molar-refractivity contribution in [3.8, 4) is 11.5 Å². The van der Waals surface area contributed by atoms with E-state index >= 15 is 0 Å². The molecule has 0 atom stereocenters. The van der Waals surface area contributed by atoms with Crippen LogP contribution in [0, 0.1) is 5.82 Å². The molecule has 0 saturated heterocycles. The Hall–Kier alpha value is -2.12. The molecule has 0 saturated carbocycles. The Morgan fingerprint density at radius 2 is 1.72 bits per heavy atom. The van der Waals surface area contributed by atoms with Gasteiger partial charge < -0.3 is 14.8 Å². The highest BCUT2D eigenvalue weighted by Gasteiger charge is 2.07. The zero-order valence-corrected chi connectivity index (χ0v) is 15.1. The molecule has 0 spiro atoms. The van der Waals surface area contributed by atoms with Gasteiger partial charge in [0.05, 0.1) is 12.9 Å². The fourth-order valence-corrected chi connectivity index (χ4v) is 2.69. The average Bonchev–Trinajstić information content (AvgIpc) is 2.58. The molecule has 7 heteroatoms. The SMILES string of the molecule is COc1cc(CNCCS(C)(=O)=O)ccc1OCc1ccc(F)cc1. The summed E-state index contributed by atoms with van der Waals surface area (Å²) in [5.41, 5.74) is 1.81. The molecule has 25 heavy (non-hydrogen) atoms. The lowest BCUT2D eigenvalue weighted by Crippen LogP contribution is -2.21. The Morgan fingerprint density at radius 3 is 2.36 bits per heavy atom. The third-order valence-corrected chi connectivity index (χ3v) is 4.46. The molecule has 0 radical (unpaired) electrons. The van der Waals surface area contributed by atoms with Crippen molar-refractivity contribution in [3.05, 3.63) is 59.4 Å². The van der Waals surface area contributed by atoms with Crippen LogP contribution in [-0.2, 0) is 23.0 Å². The molecule has 2 aromatic carbocycles. The second-order valence-electron chi connectivity index (χ2n) is 5.71. The van der Waals surface area contributed by atoms with E-state index in [0.717, 1.165) is 11.1 Å². The zero-order chi connectivity index (χ0) is 18.3. The third-order valence-electron chi connectivity index (χ3n) is 3.51. The van der Waals surface area contributed by atoms with Crippen molar-refractivity contribution in [2.45, 2.75) is 13.2 Å². The summed E-state index contributed by atoms with van der Waals surface area (Å²) in [5, 5.41) is 3.08. The predicted octanol–water partition coefficient (Wildman–Crippen LogP) is 2.55. The van der Waals surface area contributed by atoms with Crippen LogP contribution in [0.1, 0.15) is 11.1 Å². The number of halogens is 1. The predicted molar refractivity (Wildman–Crippen MR) is 95.1 cm³/mol. The van der Waals surface area contributed by atoms with Gasteiger partial charge in [0.15, 0.2) is 11.5 Å². The van der Waals surface area contributed by atoms with Crippen LogP contribution in [0.4, 0.5) is 4.39 Å². The second kappa shape index (κ2) is 8.82. The first kappa shape index (κ1) is 19.2. The van der Waals surface area contributed by atoms with Gasteiger partial charge in [-0.1, -0.05) is 18.2 Å². The number of hydrogen-bond donors (Lipinski definition) is 1. The lowest BCUT2D eigenvalue weighted by atomic mass is 10.2. The maximum Gasteiger partial charge on any atom is 0.161 e. The summed E-state index contributed by atoms with van der Waals surface area (Å²) >= 11 is 0. The summed E-state index contributed by atoms with van der Waals surface area (Å²) in [6, 6.07) is 11.6. The third kappa shape index (κ3) is 6.72. The van der Waals surface area contributed by atoms with Crippen molar-refractivity contribution in [3.63, 3.8) is 0 Å². The largest absolute Gasteiger partial charge is 0.493 e. The topological polar surface area (TPSA) is 64.6 Å². The Kier molecular flexibility index (Phi) is 6.78. The number of methoxy groups -OCH3 is 1. The molecular formula is C18H22FNO4S. The molecule has 0 aromatic heterocycles. The zero-order valence-electron chi connectivity index (χ0n) is 14.3. The summed E-state index contributed by atoms with van der Waals surface area (Å²) < 4.78 is 46.2. The van der Waals surface area contributed by atoms with Gasteiger partial charge in [-0.2, -0.15) is 0 Å². The second-order valence-corrected chi connectivity index (χ2v) is 7.97. The van der Waals surface area contributed by atoms with E-state index in [1.54, 1.807) is 25.3 Å². The summed E-state index contributed by atoms with van der Waals surface area (Å²) in [6.45, 7) is 1.23. The van der Waals surface area contributed by atoms with E-state index in [1.807, 2.05) is 12.1 Å². The Morgan fingerprint density at radius 1 is 1.04 bits per heavy atom. The molecule has 136 valence electrons. The Balaban J connectivity index is 1.92. The van der Waals surface area contributed by atoms with Gasteiger partial charge in [0.25, 0.3) is 0 Å². The molecule has 0 aliphatic rings. The number of nitrogens with one attached hydrogen (secondary N) is 1. The molecule has 1 N–H and O–H groups in total. The van der Waals surface area contributed by atoms with E-state index in [0.29, 0.717) is 31.2 Å². The Labute approximate surface area is 147 Å². The van der Waals surface area contributed by atoms with E-state index < -0.39 is 9.84 Å². The van der Waals surface area contributed by atoms with Crippen LogP contribution in [-0.4, -0.2) is 34.1 Å². The molecule has 0 amide bonds. The lowest BCUT2D eigenvalue weighted by molar-refractivity contribution is 0.284. The molecule has 0 aliphatic carbocycles. The minimum Gasteiger partial charge on any atom is -0.493 e. The summed E-state index contributed by atoms with van der Waals surface area (Å²) in [5.74, 6) is 0.994. The van der Waals surface area contributed by atoms with Crippen molar-refractivity contribution in [2.75, 3.05) is 25.7 Å². The van der Waals surface area contributed by atoms with Crippen LogP contribution in [0.2, 0.25) is 0 Å². The minimum atomic E-state index is -2.97. The van der Waals surface area contributed by atoms with Gasteiger partial charge in [-0.05, 0) is 35.4 Å². The van der Waals surface area contributed by atoms with Crippen molar-refractivity contribution < 1.29 is 22.3 Å². The molecule has 5 nitrogen and oxygen atoms in total. The highest BCUT2D eigenvalue weighted by molar-refractivity contribution is 7.90. The monoisotopic (exact) mass is 367 g/mol. The molecule has 2 aromatic rings. The van der Waals surface area contributed by atoms with E-state index in [2.05, 4.69) is 5.32 Å². The first-order valence-electron chi connectivity index (χ1n) is 7.80. The van der Waals surface area contributed by atoms with Crippen LogP contribution in [0.25, 0.3) is 0 Å². The van der Waals surface area contributed by atoms with Gasteiger partial charge in [-0.15, -0.1) is 0 Å². The van der Waals surface area contributed by atoms with Gasteiger partial charge in [-0.3, -0.25) is 0 Å². The number of sulfone groups is 1. The quantitative estimate of drug-likeness (QED) is 0.690. The van der Waals surface area contributed by atoms with Crippen LogP contribution in [0.3, 0.4) is 0 Å². The number of benzene rings is 2. The Bertz CT molecular complexity index is 791. The fraction of sp³-hybridized carbons (Fsp3) is 0.333. The van der Waals surface area contributed by atoms with Crippen LogP contribution >= 0.6 is 0 Å². The maximum atomic E-state index is 12.9. The van der Waals surface area contributed by atoms with Crippen molar-refractivity contribution in [2.24, 2.45) is 0 Å². The molecule has 0 fully saturated rings. The number of hydrogen-bond acceptors (Lipinski definition) is 5. The van der Waals surface area contributed by atoms with E-state index in [-0.39, 0.29) is 11.6 Å². The summed E-state index contributed by atoms with van der Waals surface area (Å²) in [7, 11) is -1.41. The molecule has 0 heterocycles. The average molecular weight is 367 g/mol. The molecule has 0 unspecified atom stereocenters. The van der Waals surface area contributed by atoms with Crippen LogP contribution in [0.5, 0.6) is 11.5 Å². The summed E-state index contributed by atoms with van der Waals surface area (Å²) in [6.07, 6.45) is 1.21. The summed E-state index contributed by atoms with van der Waals surface area (Å²) in [4.78, 5) is 0. The van der Waals surface area contributed by atoms with Crippen LogP contribution < -0.4 is 14.8 Å². The normalized spacial score (nSPS) is 11.3. The van der Waals surface area contributed by atoms with Gasteiger partial charge in [0, 0.05) is 19.3 Å². The first-order valence-corrected chi connectivity index (χ1v) is 9.86. The van der Waals surface area contributed by atoms with Crippen molar-refractivity contribution in [1.82, 2.24) is 5.32 Å².